The van der Waals surface area contributed by atoms with Gasteiger partial charge >= 0.3 is 0 Å². The lowest BCUT2D eigenvalue weighted by molar-refractivity contribution is -0.105. The summed E-state index contributed by atoms with van der Waals surface area (Å²) in [4.78, 5) is 9.85. The van der Waals surface area contributed by atoms with Crippen LogP contribution in [0.15, 0.2) is 24.3 Å². The average Bonchev–Trinajstić information content (AvgIpc) is 1.95. The number of hydrogen-bond acceptors (Lipinski definition) is 1. The van der Waals surface area contributed by atoms with Crippen LogP contribution in [-0.4, -0.2) is 6.41 Å². The van der Waals surface area contributed by atoms with E-state index in [1.807, 2.05) is 0 Å². The molecule has 4 heteroatoms. The van der Waals surface area contributed by atoms with E-state index in [1.165, 1.54) is 24.3 Å². The summed E-state index contributed by atoms with van der Waals surface area (Å²) in [6.45, 7) is 0. The van der Waals surface area contributed by atoms with E-state index >= 15 is 0 Å². The van der Waals surface area contributed by atoms with Crippen LogP contribution in [0.5, 0.6) is 0 Å². The second-order valence-corrected chi connectivity index (χ2v) is 1.77. The summed E-state index contributed by atoms with van der Waals surface area (Å²) in [6, 6.07) is 5.55. The smallest absolute Gasteiger partial charge is 0.211 e. The number of hydrogen-bond donors (Lipinski definition) is 1. The molecule has 1 rings (SSSR count). The molecular formula is C7H7ClFNO. The lowest BCUT2D eigenvalue weighted by atomic mass is 10.3. The third-order valence-corrected chi connectivity index (χ3v) is 1.07. The largest absolute Gasteiger partial charge is 0.329 e. The van der Waals surface area contributed by atoms with Crippen molar-refractivity contribution >= 4 is 24.5 Å². The van der Waals surface area contributed by atoms with E-state index in [-0.39, 0.29) is 18.2 Å². The molecule has 0 aliphatic heterocycles. The molecule has 0 unspecified atom stereocenters. The van der Waals surface area contributed by atoms with Gasteiger partial charge in [-0.1, -0.05) is 0 Å². The van der Waals surface area contributed by atoms with Crippen LogP contribution < -0.4 is 5.32 Å². The Balaban J connectivity index is 0.000001000. The van der Waals surface area contributed by atoms with Gasteiger partial charge in [0.05, 0.1) is 0 Å². The molecule has 0 saturated carbocycles. The van der Waals surface area contributed by atoms with E-state index in [2.05, 4.69) is 5.32 Å². The molecule has 1 aromatic rings. The SMILES string of the molecule is Cl.O=CNc1ccc(F)cc1. The highest BCUT2D eigenvalue weighted by Crippen LogP contribution is 2.06. The first-order valence-corrected chi connectivity index (χ1v) is 2.78. The van der Waals surface area contributed by atoms with E-state index in [9.17, 15) is 9.18 Å². The second kappa shape index (κ2) is 4.68. The predicted molar refractivity (Wildman–Crippen MR) is 43.3 cm³/mol. The number of halogens is 2. The van der Waals surface area contributed by atoms with Gasteiger partial charge in [-0.25, -0.2) is 4.39 Å². The molecule has 0 spiro atoms. The van der Waals surface area contributed by atoms with Crippen LogP contribution in [0, 0.1) is 5.82 Å². The molecule has 0 saturated heterocycles. The van der Waals surface area contributed by atoms with Crippen molar-refractivity contribution in [2.75, 3.05) is 5.32 Å². The number of amides is 1. The summed E-state index contributed by atoms with van der Waals surface area (Å²) in [5.74, 6) is -0.309. The quantitative estimate of drug-likeness (QED) is 0.683. The zero-order chi connectivity index (χ0) is 7.40. The fourth-order valence-electron chi connectivity index (χ4n) is 0.614. The van der Waals surface area contributed by atoms with E-state index in [4.69, 9.17) is 0 Å². The van der Waals surface area contributed by atoms with Crippen molar-refractivity contribution in [1.29, 1.82) is 0 Å². The van der Waals surface area contributed by atoms with E-state index in [0.717, 1.165) is 0 Å². The van der Waals surface area contributed by atoms with Gasteiger partial charge in [-0.3, -0.25) is 4.79 Å². The molecule has 0 aliphatic rings. The normalized spacial score (nSPS) is 8.09. The fourth-order valence-corrected chi connectivity index (χ4v) is 0.614. The highest BCUT2D eigenvalue weighted by Gasteiger charge is 1.88. The topological polar surface area (TPSA) is 29.1 Å². The standard InChI is InChI=1S/C7H6FNO.ClH/c8-6-1-3-7(4-2-6)9-5-10;/h1-5H,(H,9,10);1H. The first kappa shape index (κ1) is 9.91. The molecule has 0 radical (unpaired) electrons. The maximum Gasteiger partial charge on any atom is 0.211 e. The number of rotatable bonds is 2. The molecule has 0 aromatic heterocycles. The Labute approximate surface area is 69.8 Å². The Morgan fingerprint density at radius 2 is 1.82 bits per heavy atom. The van der Waals surface area contributed by atoms with Crippen molar-refractivity contribution in [2.24, 2.45) is 0 Å². The maximum atomic E-state index is 12.2. The highest BCUT2D eigenvalue weighted by molar-refractivity contribution is 5.85. The Bertz CT molecular complexity index is 224. The Morgan fingerprint density at radius 1 is 1.27 bits per heavy atom. The van der Waals surface area contributed by atoms with Gasteiger partial charge in [0, 0.05) is 5.69 Å². The van der Waals surface area contributed by atoms with Gasteiger partial charge in [-0.15, -0.1) is 12.4 Å². The molecule has 1 amide bonds. The highest BCUT2D eigenvalue weighted by atomic mass is 35.5. The zero-order valence-electron chi connectivity index (χ0n) is 5.58. The van der Waals surface area contributed by atoms with Crippen LogP contribution in [0.3, 0.4) is 0 Å². The summed E-state index contributed by atoms with van der Waals surface area (Å²) in [7, 11) is 0. The van der Waals surface area contributed by atoms with Gasteiger partial charge in [0.1, 0.15) is 5.82 Å². The molecule has 1 aromatic carbocycles. The monoisotopic (exact) mass is 175 g/mol. The first-order chi connectivity index (χ1) is 4.83. The molecule has 1 N–H and O–H groups in total. The molecule has 11 heavy (non-hydrogen) atoms. The van der Waals surface area contributed by atoms with Crippen molar-refractivity contribution < 1.29 is 9.18 Å². The molecule has 2 nitrogen and oxygen atoms in total. The van der Waals surface area contributed by atoms with Gasteiger partial charge in [0.15, 0.2) is 0 Å². The summed E-state index contributed by atoms with van der Waals surface area (Å²) in [5, 5.41) is 2.39. The van der Waals surface area contributed by atoms with Crippen LogP contribution in [0.4, 0.5) is 10.1 Å². The van der Waals surface area contributed by atoms with Crippen LogP contribution in [0.25, 0.3) is 0 Å². The number of carbonyl (C=O) groups excluding carboxylic acids is 1. The van der Waals surface area contributed by atoms with Crippen molar-refractivity contribution in [3.8, 4) is 0 Å². The summed E-state index contributed by atoms with van der Waals surface area (Å²) < 4.78 is 12.2. The molecule has 0 fully saturated rings. The third kappa shape index (κ3) is 3.00. The Kier molecular flexibility index (Phi) is 4.22. The molecule has 60 valence electrons. The minimum atomic E-state index is -0.309. The predicted octanol–water partition coefficient (Wildman–Crippen LogP) is 1.82. The summed E-state index contributed by atoms with van der Waals surface area (Å²) in [6.07, 6.45) is 0.549. The molecular weight excluding hydrogens is 169 g/mol. The van der Waals surface area contributed by atoms with Crippen LogP contribution in [0.2, 0.25) is 0 Å². The fraction of sp³-hybridized carbons (Fsp3) is 0. The van der Waals surface area contributed by atoms with Crippen molar-refractivity contribution in [1.82, 2.24) is 0 Å². The summed E-state index contributed by atoms with van der Waals surface area (Å²) in [5.41, 5.74) is 0.594. The third-order valence-electron chi connectivity index (χ3n) is 1.07. The Hall–Kier alpha value is -1.09. The van der Waals surface area contributed by atoms with Crippen LogP contribution >= 0.6 is 12.4 Å². The van der Waals surface area contributed by atoms with Crippen molar-refractivity contribution in [3.63, 3.8) is 0 Å². The van der Waals surface area contributed by atoms with Gasteiger partial charge in [-0.2, -0.15) is 0 Å². The van der Waals surface area contributed by atoms with E-state index in [1.54, 1.807) is 0 Å². The van der Waals surface area contributed by atoms with E-state index < -0.39 is 0 Å². The van der Waals surface area contributed by atoms with Gasteiger partial charge < -0.3 is 5.32 Å². The minimum Gasteiger partial charge on any atom is -0.329 e. The lowest BCUT2D eigenvalue weighted by Gasteiger charge is -1.94. The van der Waals surface area contributed by atoms with E-state index in [0.29, 0.717) is 12.1 Å². The van der Waals surface area contributed by atoms with Crippen LogP contribution in [-0.2, 0) is 4.79 Å². The Morgan fingerprint density at radius 3 is 2.27 bits per heavy atom. The number of carbonyl (C=O) groups is 1. The minimum absolute atomic E-state index is 0. The molecule has 0 aliphatic carbocycles. The number of benzene rings is 1. The van der Waals surface area contributed by atoms with Gasteiger partial charge in [-0.05, 0) is 24.3 Å². The first-order valence-electron chi connectivity index (χ1n) is 2.78. The maximum absolute atomic E-state index is 12.2. The lowest BCUT2D eigenvalue weighted by Crippen LogP contribution is -1.92. The van der Waals surface area contributed by atoms with Crippen molar-refractivity contribution in [2.45, 2.75) is 0 Å². The van der Waals surface area contributed by atoms with Gasteiger partial charge in [0.25, 0.3) is 0 Å². The average molecular weight is 176 g/mol. The zero-order valence-corrected chi connectivity index (χ0v) is 6.40. The van der Waals surface area contributed by atoms with Gasteiger partial charge in [0.2, 0.25) is 6.41 Å². The molecule has 0 atom stereocenters. The molecule has 0 heterocycles. The molecule has 0 bridgehead atoms. The second-order valence-electron chi connectivity index (χ2n) is 1.77. The van der Waals surface area contributed by atoms with Crippen LogP contribution in [0.1, 0.15) is 0 Å². The van der Waals surface area contributed by atoms with Crippen molar-refractivity contribution in [3.05, 3.63) is 30.1 Å². The number of nitrogens with one attached hydrogen (secondary N) is 1. The number of anilines is 1. The summed E-state index contributed by atoms with van der Waals surface area (Å²) >= 11 is 0.